The minimum absolute atomic E-state index is 0.278. The van der Waals surface area contributed by atoms with Gasteiger partial charge in [0.15, 0.2) is 0 Å². The van der Waals surface area contributed by atoms with E-state index in [2.05, 4.69) is 15.1 Å². The molecule has 1 atom stereocenters. The first kappa shape index (κ1) is 13.2. The number of carbonyl (C=O) groups excluding carboxylic acids is 1. The summed E-state index contributed by atoms with van der Waals surface area (Å²) < 4.78 is 6.43. The molecule has 19 heavy (non-hydrogen) atoms. The van der Waals surface area contributed by atoms with E-state index >= 15 is 0 Å². The molecule has 0 aliphatic heterocycles. The molecule has 100 valence electrons. The summed E-state index contributed by atoms with van der Waals surface area (Å²) in [5.41, 5.74) is 2.49. The molecule has 0 saturated heterocycles. The number of nitrogens with zero attached hydrogens (tertiary/aromatic N) is 4. The van der Waals surface area contributed by atoms with Crippen LogP contribution in [0.2, 0.25) is 0 Å². The van der Waals surface area contributed by atoms with Crippen LogP contribution in [0, 0.1) is 13.8 Å². The van der Waals surface area contributed by atoms with Crippen molar-refractivity contribution in [2.24, 2.45) is 0 Å². The number of esters is 1. The fraction of sp³-hybridized carbons (Fsp3) is 0.385. The molecular formula is C13H16N4O2. The molecule has 2 aromatic rings. The Hall–Kier alpha value is -2.24. The fourth-order valence-electron chi connectivity index (χ4n) is 2.17. The maximum Gasteiger partial charge on any atom is 0.312 e. The number of aryl methyl sites for hydroxylation is 1. The highest BCUT2D eigenvalue weighted by Crippen LogP contribution is 2.25. The maximum absolute atomic E-state index is 11.7. The average molecular weight is 260 g/mol. The highest BCUT2D eigenvalue weighted by atomic mass is 16.5. The predicted octanol–water partition coefficient (Wildman–Crippen LogP) is 1.56. The zero-order valence-electron chi connectivity index (χ0n) is 11.4. The number of hydrogen-bond acceptors (Lipinski definition) is 5. The first-order chi connectivity index (χ1) is 9.06. The Labute approximate surface area is 111 Å². The van der Waals surface area contributed by atoms with Crippen molar-refractivity contribution in [2.75, 3.05) is 7.11 Å². The number of rotatable bonds is 3. The molecule has 0 aliphatic rings. The van der Waals surface area contributed by atoms with Crippen LogP contribution < -0.4 is 0 Å². The number of carbonyl (C=O) groups is 1. The standard InChI is InChI=1S/C13H16N4O2/c1-8(12(18)19-4)11-9(2)16-17(10(11)3)13-14-6-5-7-15-13/h5-8H,1-4H3. The van der Waals surface area contributed by atoms with Gasteiger partial charge in [-0.2, -0.15) is 5.10 Å². The molecule has 0 N–H and O–H groups in total. The van der Waals surface area contributed by atoms with Gasteiger partial charge in [0.05, 0.1) is 18.7 Å². The Kier molecular flexibility index (Phi) is 3.59. The Morgan fingerprint density at radius 1 is 1.32 bits per heavy atom. The van der Waals surface area contributed by atoms with Crippen LogP contribution in [0.25, 0.3) is 5.95 Å². The lowest BCUT2D eigenvalue weighted by atomic mass is 9.99. The molecule has 6 nitrogen and oxygen atoms in total. The van der Waals surface area contributed by atoms with E-state index in [4.69, 9.17) is 4.74 Å². The van der Waals surface area contributed by atoms with Crippen LogP contribution in [0.3, 0.4) is 0 Å². The monoisotopic (exact) mass is 260 g/mol. The van der Waals surface area contributed by atoms with Crippen molar-refractivity contribution < 1.29 is 9.53 Å². The quantitative estimate of drug-likeness (QED) is 0.783. The zero-order valence-corrected chi connectivity index (χ0v) is 11.4. The lowest BCUT2D eigenvalue weighted by Crippen LogP contribution is -2.12. The van der Waals surface area contributed by atoms with Crippen LogP contribution >= 0.6 is 0 Å². The van der Waals surface area contributed by atoms with E-state index in [0.717, 1.165) is 17.0 Å². The summed E-state index contributed by atoms with van der Waals surface area (Å²) in [5.74, 6) is -0.145. The van der Waals surface area contributed by atoms with Crippen molar-refractivity contribution in [3.05, 3.63) is 35.4 Å². The molecule has 0 spiro atoms. The molecule has 0 aromatic carbocycles. The van der Waals surface area contributed by atoms with E-state index in [9.17, 15) is 4.79 Å². The van der Waals surface area contributed by atoms with Gasteiger partial charge in [-0.1, -0.05) is 0 Å². The van der Waals surface area contributed by atoms with Crippen molar-refractivity contribution in [1.29, 1.82) is 0 Å². The third kappa shape index (κ3) is 2.33. The SMILES string of the molecule is COC(=O)C(C)c1c(C)nn(-c2ncccn2)c1C. The van der Waals surface area contributed by atoms with Crippen LogP contribution in [0.5, 0.6) is 0 Å². The molecule has 2 rings (SSSR count). The van der Waals surface area contributed by atoms with E-state index in [1.165, 1.54) is 7.11 Å². The predicted molar refractivity (Wildman–Crippen MR) is 69.1 cm³/mol. The first-order valence-corrected chi connectivity index (χ1v) is 5.97. The zero-order chi connectivity index (χ0) is 14.0. The van der Waals surface area contributed by atoms with E-state index in [1.54, 1.807) is 30.1 Å². The minimum Gasteiger partial charge on any atom is -0.469 e. The minimum atomic E-state index is -0.359. The van der Waals surface area contributed by atoms with E-state index in [0.29, 0.717) is 5.95 Å². The van der Waals surface area contributed by atoms with E-state index in [1.807, 2.05) is 13.8 Å². The van der Waals surface area contributed by atoms with Crippen molar-refractivity contribution in [1.82, 2.24) is 19.7 Å². The number of methoxy groups -OCH3 is 1. The van der Waals surface area contributed by atoms with Gasteiger partial charge >= 0.3 is 5.97 Å². The fourth-order valence-corrected chi connectivity index (χ4v) is 2.17. The van der Waals surface area contributed by atoms with Crippen LogP contribution in [0.15, 0.2) is 18.5 Å². The lowest BCUT2D eigenvalue weighted by Gasteiger charge is -2.09. The molecule has 2 aromatic heterocycles. The molecule has 0 radical (unpaired) electrons. The second kappa shape index (κ2) is 5.17. The molecule has 0 saturated carbocycles. The Bertz CT molecular complexity index is 592. The highest BCUT2D eigenvalue weighted by Gasteiger charge is 2.24. The van der Waals surface area contributed by atoms with Gasteiger partial charge in [-0.3, -0.25) is 4.79 Å². The molecule has 1 unspecified atom stereocenters. The summed E-state index contributed by atoms with van der Waals surface area (Å²) in [6, 6.07) is 1.74. The largest absolute Gasteiger partial charge is 0.469 e. The summed E-state index contributed by atoms with van der Waals surface area (Å²) in [7, 11) is 1.38. The Morgan fingerprint density at radius 3 is 2.53 bits per heavy atom. The second-order valence-corrected chi connectivity index (χ2v) is 4.29. The van der Waals surface area contributed by atoms with Gasteiger partial charge in [-0.15, -0.1) is 0 Å². The summed E-state index contributed by atoms with van der Waals surface area (Å²) in [5, 5.41) is 4.40. The van der Waals surface area contributed by atoms with Crippen molar-refractivity contribution in [2.45, 2.75) is 26.7 Å². The van der Waals surface area contributed by atoms with Gasteiger partial charge in [-0.25, -0.2) is 14.6 Å². The Morgan fingerprint density at radius 2 is 1.95 bits per heavy atom. The molecule has 2 heterocycles. The summed E-state index contributed by atoms with van der Waals surface area (Å²) >= 11 is 0. The average Bonchev–Trinajstić information content (AvgIpc) is 2.73. The summed E-state index contributed by atoms with van der Waals surface area (Å²) in [6.45, 7) is 5.56. The molecule has 0 aliphatic carbocycles. The van der Waals surface area contributed by atoms with Gasteiger partial charge < -0.3 is 4.74 Å². The van der Waals surface area contributed by atoms with Crippen LogP contribution in [0.4, 0.5) is 0 Å². The highest BCUT2D eigenvalue weighted by molar-refractivity contribution is 5.78. The maximum atomic E-state index is 11.7. The van der Waals surface area contributed by atoms with Crippen LogP contribution in [-0.2, 0) is 9.53 Å². The molecule has 6 heteroatoms. The number of hydrogen-bond donors (Lipinski definition) is 0. The van der Waals surface area contributed by atoms with Gasteiger partial charge in [0, 0.05) is 23.7 Å². The van der Waals surface area contributed by atoms with Gasteiger partial charge in [0.1, 0.15) is 0 Å². The topological polar surface area (TPSA) is 69.9 Å². The molecule has 0 fully saturated rings. The van der Waals surface area contributed by atoms with Crippen molar-refractivity contribution in [3.63, 3.8) is 0 Å². The van der Waals surface area contributed by atoms with E-state index < -0.39 is 0 Å². The second-order valence-electron chi connectivity index (χ2n) is 4.29. The third-order valence-corrected chi connectivity index (χ3v) is 3.08. The number of aromatic nitrogens is 4. The van der Waals surface area contributed by atoms with E-state index in [-0.39, 0.29) is 11.9 Å². The molecule has 0 bridgehead atoms. The van der Waals surface area contributed by atoms with Crippen molar-refractivity contribution >= 4 is 5.97 Å². The van der Waals surface area contributed by atoms with Gasteiger partial charge in [-0.05, 0) is 26.8 Å². The normalized spacial score (nSPS) is 12.2. The Balaban J connectivity index is 2.49. The first-order valence-electron chi connectivity index (χ1n) is 5.97. The molecular weight excluding hydrogens is 244 g/mol. The van der Waals surface area contributed by atoms with Crippen molar-refractivity contribution in [3.8, 4) is 5.95 Å². The third-order valence-electron chi connectivity index (χ3n) is 3.08. The van der Waals surface area contributed by atoms with Crippen LogP contribution in [-0.4, -0.2) is 32.8 Å². The summed E-state index contributed by atoms with van der Waals surface area (Å²) in [6.07, 6.45) is 3.31. The summed E-state index contributed by atoms with van der Waals surface area (Å²) in [4.78, 5) is 20.0. The number of ether oxygens (including phenoxy) is 1. The molecule has 0 amide bonds. The van der Waals surface area contributed by atoms with Crippen LogP contribution in [0.1, 0.15) is 29.8 Å². The van der Waals surface area contributed by atoms with Gasteiger partial charge in [0.25, 0.3) is 5.95 Å². The smallest absolute Gasteiger partial charge is 0.312 e. The van der Waals surface area contributed by atoms with Gasteiger partial charge in [0.2, 0.25) is 0 Å². The lowest BCUT2D eigenvalue weighted by molar-refractivity contribution is -0.142.